The van der Waals surface area contributed by atoms with E-state index in [4.69, 9.17) is 22.4 Å². The summed E-state index contributed by atoms with van der Waals surface area (Å²) in [6, 6.07) is 6.07. The molecule has 1 fully saturated rings. The van der Waals surface area contributed by atoms with Crippen LogP contribution in [0.2, 0.25) is 5.02 Å². The summed E-state index contributed by atoms with van der Waals surface area (Å²) in [5.74, 6) is 0.448. The van der Waals surface area contributed by atoms with Gasteiger partial charge in [0.05, 0.1) is 10.7 Å². The van der Waals surface area contributed by atoms with Gasteiger partial charge < -0.3 is 15.7 Å². The van der Waals surface area contributed by atoms with Crippen LogP contribution in [0, 0.1) is 5.92 Å². The van der Waals surface area contributed by atoms with Crippen molar-refractivity contribution in [2.45, 2.75) is 25.8 Å². The highest BCUT2D eigenvalue weighted by Gasteiger charge is 2.20. The van der Waals surface area contributed by atoms with Gasteiger partial charge in [-0.25, -0.2) is 0 Å². The van der Waals surface area contributed by atoms with Crippen molar-refractivity contribution in [3.05, 3.63) is 28.8 Å². The van der Waals surface area contributed by atoms with E-state index in [0.717, 1.165) is 42.2 Å². The molecule has 1 aliphatic rings. The van der Waals surface area contributed by atoms with Gasteiger partial charge in [-0.05, 0) is 43.4 Å². The molecule has 0 aliphatic carbocycles. The maximum atomic E-state index is 9.14. The first kappa shape index (κ1) is 13.7. The quantitative estimate of drug-likeness (QED) is 0.886. The normalized spacial score (nSPS) is 19.0. The molecule has 1 unspecified atom stereocenters. The number of benzene rings is 1. The lowest BCUT2D eigenvalue weighted by Gasteiger charge is -2.33. The summed E-state index contributed by atoms with van der Waals surface area (Å²) in [6.45, 7) is 4.17. The van der Waals surface area contributed by atoms with Gasteiger partial charge in [0, 0.05) is 25.7 Å². The number of anilines is 1. The van der Waals surface area contributed by atoms with E-state index in [1.807, 2.05) is 19.1 Å². The molecule has 0 bridgehead atoms. The first-order chi connectivity index (χ1) is 8.61. The van der Waals surface area contributed by atoms with Crippen molar-refractivity contribution >= 4 is 17.3 Å². The Labute approximate surface area is 114 Å². The fourth-order valence-corrected chi connectivity index (χ4v) is 2.73. The molecule has 1 aliphatic heterocycles. The van der Waals surface area contributed by atoms with Gasteiger partial charge in [-0.15, -0.1) is 0 Å². The van der Waals surface area contributed by atoms with E-state index in [2.05, 4.69) is 11.0 Å². The number of aliphatic hydroxyl groups is 1. The van der Waals surface area contributed by atoms with Crippen molar-refractivity contribution in [2.75, 3.05) is 24.6 Å². The number of piperidine rings is 1. The highest BCUT2D eigenvalue weighted by Crippen LogP contribution is 2.31. The van der Waals surface area contributed by atoms with Crippen LogP contribution in [0.15, 0.2) is 18.2 Å². The molecule has 0 spiro atoms. The predicted molar refractivity (Wildman–Crippen MR) is 76.1 cm³/mol. The second-order valence-electron chi connectivity index (χ2n) is 5.11. The van der Waals surface area contributed by atoms with Gasteiger partial charge in [-0.1, -0.05) is 17.7 Å². The maximum absolute atomic E-state index is 9.14. The van der Waals surface area contributed by atoms with Crippen molar-refractivity contribution in [2.24, 2.45) is 11.7 Å². The minimum Gasteiger partial charge on any atom is -0.396 e. The highest BCUT2D eigenvalue weighted by atomic mass is 35.5. The van der Waals surface area contributed by atoms with Crippen molar-refractivity contribution in [3.63, 3.8) is 0 Å². The summed E-state index contributed by atoms with van der Waals surface area (Å²) < 4.78 is 0. The Morgan fingerprint density at radius 1 is 1.44 bits per heavy atom. The van der Waals surface area contributed by atoms with Crippen molar-refractivity contribution < 1.29 is 5.11 Å². The first-order valence-corrected chi connectivity index (χ1v) is 6.90. The molecule has 0 saturated carbocycles. The van der Waals surface area contributed by atoms with E-state index < -0.39 is 0 Å². The molecule has 3 nitrogen and oxygen atoms in total. The first-order valence-electron chi connectivity index (χ1n) is 6.52. The van der Waals surface area contributed by atoms with E-state index in [1.54, 1.807) is 0 Å². The summed E-state index contributed by atoms with van der Waals surface area (Å²) in [7, 11) is 0. The lowest BCUT2D eigenvalue weighted by Crippen LogP contribution is -2.34. The van der Waals surface area contributed by atoms with E-state index in [0.29, 0.717) is 12.5 Å². The average molecular weight is 269 g/mol. The molecule has 1 aromatic carbocycles. The number of aliphatic hydroxyl groups excluding tert-OH is 1. The molecule has 0 amide bonds. The number of halogens is 1. The lowest BCUT2D eigenvalue weighted by molar-refractivity contribution is 0.203. The molecule has 100 valence electrons. The molecule has 2 rings (SSSR count). The predicted octanol–water partition coefficient (Wildman–Crippen LogP) is 2.57. The third-order valence-electron chi connectivity index (χ3n) is 3.71. The van der Waals surface area contributed by atoms with Gasteiger partial charge >= 0.3 is 0 Å². The molecular weight excluding hydrogens is 248 g/mol. The van der Waals surface area contributed by atoms with Crippen LogP contribution in [-0.4, -0.2) is 24.8 Å². The zero-order valence-corrected chi connectivity index (χ0v) is 11.5. The fraction of sp³-hybridized carbons (Fsp3) is 0.571. The molecule has 18 heavy (non-hydrogen) atoms. The molecule has 1 atom stereocenters. The topological polar surface area (TPSA) is 49.5 Å². The van der Waals surface area contributed by atoms with Crippen molar-refractivity contribution in [1.29, 1.82) is 0 Å². The van der Waals surface area contributed by atoms with Gasteiger partial charge in [0.25, 0.3) is 0 Å². The summed E-state index contributed by atoms with van der Waals surface area (Å²) in [5, 5.41) is 9.91. The maximum Gasteiger partial charge on any atom is 0.0642 e. The van der Waals surface area contributed by atoms with E-state index in [1.165, 1.54) is 0 Å². The standard InChI is InChI=1S/C14H21ClN2O/c1-10(16)12-2-3-14(13(15)8-12)17-6-4-11(9-18)5-7-17/h2-3,8,10-11,18H,4-7,9,16H2,1H3. The zero-order chi connectivity index (χ0) is 13.1. The van der Waals surface area contributed by atoms with Crippen LogP contribution in [0.5, 0.6) is 0 Å². The second-order valence-corrected chi connectivity index (χ2v) is 5.52. The molecule has 4 heteroatoms. The molecule has 0 radical (unpaired) electrons. The molecule has 1 heterocycles. The Kier molecular flexibility index (Phi) is 4.49. The van der Waals surface area contributed by atoms with Crippen molar-refractivity contribution in [1.82, 2.24) is 0 Å². The molecule has 3 N–H and O–H groups in total. The van der Waals surface area contributed by atoms with Crippen LogP contribution in [-0.2, 0) is 0 Å². The second kappa shape index (κ2) is 5.91. The summed E-state index contributed by atoms with van der Waals surface area (Å²) in [6.07, 6.45) is 2.06. The largest absolute Gasteiger partial charge is 0.396 e. The molecule has 0 aromatic heterocycles. The van der Waals surface area contributed by atoms with E-state index >= 15 is 0 Å². The minimum atomic E-state index is 0.0108. The summed E-state index contributed by atoms with van der Waals surface area (Å²) in [4.78, 5) is 2.29. The highest BCUT2D eigenvalue weighted by molar-refractivity contribution is 6.33. The Hall–Kier alpha value is -0.770. The van der Waals surface area contributed by atoms with Gasteiger partial charge in [0.15, 0.2) is 0 Å². The lowest BCUT2D eigenvalue weighted by atomic mass is 9.97. The molecular formula is C14H21ClN2O. The van der Waals surface area contributed by atoms with Gasteiger partial charge in [-0.2, -0.15) is 0 Å². The van der Waals surface area contributed by atoms with Gasteiger partial charge in [0.2, 0.25) is 0 Å². The van der Waals surface area contributed by atoms with Gasteiger partial charge in [-0.3, -0.25) is 0 Å². The van der Waals surface area contributed by atoms with Crippen LogP contribution in [0.4, 0.5) is 5.69 Å². The van der Waals surface area contributed by atoms with E-state index in [9.17, 15) is 0 Å². The third kappa shape index (κ3) is 2.97. The number of rotatable bonds is 3. The summed E-state index contributed by atoms with van der Waals surface area (Å²) in [5.41, 5.74) is 7.99. The Bertz CT molecular complexity index is 401. The van der Waals surface area contributed by atoms with Crippen LogP contribution in [0.25, 0.3) is 0 Å². The minimum absolute atomic E-state index is 0.0108. The van der Waals surface area contributed by atoms with Crippen molar-refractivity contribution in [3.8, 4) is 0 Å². The molecule has 1 saturated heterocycles. The smallest absolute Gasteiger partial charge is 0.0642 e. The van der Waals surface area contributed by atoms with Crippen LogP contribution in [0.3, 0.4) is 0 Å². The average Bonchev–Trinajstić information content (AvgIpc) is 2.38. The summed E-state index contributed by atoms with van der Waals surface area (Å²) >= 11 is 6.33. The Balaban J connectivity index is 2.10. The van der Waals surface area contributed by atoms with Crippen LogP contribution in [0.1, 0.15) is 31.4 Å². The number of hydrogen-bond acceptors (Lipinski definition) is 3. The Morgan fingerprint density at radius 2 is 2.11 bits per heavy atom. The van der Waals surface area contributed by atoms with Gasteiger partial charge in [0.1, 0.15) is 0 Å². The monoisotopic (exact) mass is 268 g/mol. The number of nitrogens with two attached hydrogens (primary N) is 1. The van der Waals surface area contributed by atoms with E-state index in [-0.39, 0.29) is 6.04 Å². The SMILES string of the molecule is CC(N)c1ccc(N2CCC(CO)CC2)c(Cl)c1. The number of hydrogen-bond donors (Lipinski definition) is 2. The Morgan fingerprint density at radius 3 is 2.61 bits per heavy atom. The fourth-order valence-electron chi connectivity index (χ4n) is 2.42. The zero-order valence-electron chi connectivity index (χ0n) is 10.8. The van der Waals surface area contributed by atoms with Crippen LogP contribution < -0.4 is 10.6 Å². The third-order valence-corrected chi connectivity index (χ3v) is 4.01. The van der Waals surface area contributed by atoms with Crippen LogP contribution >= 0.6 is 11.6 Å². The number of nitrogens with zero attached hydrogens (tertiary/aromatic N) is 1. The molecule has 1 aromatic rings.